The van der Waals surface area contributed by atoms with Crippen molar-refractivity contribution in [1.29, 1.82) is 0 Å². The topological polar surface area (TPSA) is 37.0 Å². The summed E-state index contributed by atoms with van der Waals surface area (Å²) in [5.41, 5.74) is 0. The van der Waals surface area contributed by atoms with Crippen molar-refractivity contribution in [3.05, 3.63) is 16.1 Å². The van der Waals surface area contributed by atoms with Gasteiger partial charge in [-0.25, -0.2) is 4.98 Å². The number of anilines is 2. The normalized spacial score (nSPS) is 14.8. The zero-order valence-electron chi connectivity index (χ0n) is 9.89. The van der Waals surface area contributed by atoms with E-state index < -0.39 is 0 Å². The molecular weight excluding hydrogens is 257 g/mol. The first-order chi connectivity index (χ1) is 8.20. The Bertz CT molecular complexity index is 392. The molecule has 1 aromatic heterocycles. The van der Waals surface area contributed by atoms with Gasteiger partial charge in [0.1, 0.15) is 11.6 Å². The zero-order valence-corrected chi connectivity index (χ0v) is 11.4. The van der Waals surface area contributed by atoms with Crippen molar-refractivity contribution >= 4 is 34.8 Å². The van der Waals surface area contributed by atoms with E-state index in [1.54, 1.807) is 6.07 Å². The number of pyridine rings is 1. The van der Waals surface area contributed by atoms with Crippen LogP contribution in [0.25, 0.3) is 0 Å². The van der Waals surface area contributed by atoms with E-state index >= 15 is 0 Å². The average molecular weight is 274 g/mol. The van der Waals surface area contributed by atoms with E-state index in [4.69, 9.17) is 23.2 Å². The Kier molecular flexibility index (Phi) is 4.35. The summed E-state index contributed by atoms with van der Waals surface area (Å²) in [5, 5.41) is 7.62. The lowest BCUT2D eigenvalue weighted by atomic mass is 10.3. The number of nitrogens with one attached hydrogen (secondary N) is 2. The van der Waals surface area contributed by atoms with Crippen molar-refractivity contribution < 1.29 is 0 Å². The van der Waals surface area contributed by atoms with E-state index in [2.05, 4.69) is 22.5 Å². The molecular formula is C12H17Cl2N3. The highest BCUT2D eigenvalue weighted by atomic mass is 35.5. The molecule has 0 atom stereocenters. The third-order valence-corrected chi connectivity index (χ3v) is 3.30. The lowest BCUT2D eigenvalue weighted by Gasteiger charge is -2.11. The van der Waals surface area contributed by atoms with Crippen LogP contribution in [0.15, 0.2) is 6.07 Å². The summed E-state index contributed by atoms with van der Waals surface area (Å²) in [7, 11) is 0. The second kappa shape index (κ2) is 5.78. The first-order valence-electron chi connectivity index (χ1n) is 6.04. The second-order valence-corrected chi connectivity index (χ2v) is 5.21. The van der Waals surface area contributed by atoms with Crippen molar-refractivity contribution in [1.82, 2.24) is 4.98 Å². The van der Waals surface area contributed by atoms with Gasteiger partial charge in [-0.05, 0) is 31.2 Å². The Balaban J connectivity index is 2.06. The summed E-state index contributed by atoms with van der Waals surface area (Å²) in [4.78, 5) is 4.42. The van der Waals surface area contributed by atoms with Crippen LogP contribution < -0.4 is 10.6 Å². The first-order valence-corrected chi connectivity index (χ1v) is 6.80. The van der Waals surface area contributed by atoms with Gasteiger partial charge in [-0.1, -0.05) is 30.1 Å². The van der Waals surface area contributed by atoms with E-state index in [-0.39, 0.29) is 0 Å². The van der Waals surface area contributed by atoms with Gasteiger partial charge in [0, 0.05) is 13.1 Å². The van der Waals surface area contributed by atoms with E-state index in [1.807, 2.05) is 0 Å². The molecule has 2 rings (SSSR count). The summed E-state index contributed by atoms with van der Waals surface area (Å²) < 4.78 is 0. The Labute approximate surface area is 112 Å². The fourth-order valence-corrected chi connectivity index (χ4v) is 2.01. The van der Waals surface area contributed by atoms with Gasteiger partial charge in [0.25, 0.3) is 0 Å². The summed E-state index contributed by atoms with van der Waals surface area (Å²) in [5.74, 6) is 2.22. The molecule has 0 bridgehead atoms. The Morgan fingerprint density at radius 1 is 1.24 bits per heavy atom. The highest BCUT2D eigenvalue weighted by Crippen LogP contribution is 2.32. The molecule has 0 amide bonds. The minimum Gasteiger partial charge on any atom is -0.369 e. The van der Waals surface area contributed by atoms with Crippen LogP contribution >= 0.6 is 23.2 Å². The van der Waals surface area contributed by atoms with E-state index in [1.165, 1.54) is 12.8 Å². The summed E-state index contributed by atoms with van der Waals surface area (Å²) in [6, 6.07) is 1.74. The number of aromatic nitrogens is 1. The molecule has 3 nitrogen and oxygen atoms in total. The smallest absolute Gasteiger partial charge is 0.147 e. The summed E-state index contributed by atoms with van der Waals surface area (Å²) >= 11 is 12.2. The Morgan fingerprint density at radius 3 is 2.47 bits per heavy atom. The zero-order chi connectivity index (χ0) is 12.3. The van der Waals surface area contributed by atoms with Crippen molar-refractivity contribution in [2.45, 2.75) is 26.2 Å². The predicted molar refractivity (Wildman–Crippen MR) is 74.3 cm³/mol. The number of halogens is 2. The monoisotopic (exact) mass is 273 g/mol. The number of hydrogen-bond acceptors (Lipinski definition) is 3. The van der Waals surface area contributed by atoms with Gasteiger partial charge in [0.15, 0.2) is 0 Å². The minimum absolute atomic E-state index is 0.570. The lowest BCUT2D eigenvalue weighted by Crippen LogP contribution is -2.08. The fourth-order valence-electron chi connectivity index (χ4n) is 1.52. The molecule has 0 saturated heterocycles. The molecule has 1 fully saturated rings. The maximum Gasteiger partial charge on any atom is 0.147 e. The van der Waals surface area contributed by atoms with Crippen LogP contribution in [0, 0.1) is 5.92 Å². The summed E-state index contributed by atoms with van der Waals surface area (Å²) in [6.07, 6.45) is 3.64. The van der Waals surface area contributed by atoms with Crippen LogP contribution in [-0.4, -0.2) is 18.1 Å². The average Bonchev–Trinajstić information content (AvgIpc) is 3.10. The van der Waals surface area contributed by atoms with Crippen molar-refractivity contribution in [3.63, 3.8) is 0 Å². The molecule has 5 heteroatoms. The third kappa shape index (κ3) is 3.65. The number of nitrogens with zero attached hydrogens (tertiary/aromatic N) is 1. The van der Waals surface area contributed by atoms with Crippen LogP contribution in [0.1, 0.15) is 26.2 Å². The lowest BCUT2D eigenvalue weighted by molar-refractivity contribution is 0.882. The van der Waals surface area contributed by atoms with Gasteiger partial charge in [-0.2, -0.15) is 0 Å². The third-order valence-electron chi connectivity index (χ3n) is 2.73. The standard InChI is InChI=1S/C12H17Cl2N3/c1-2-5-15-11-9(13)6-10(14)12(17-11)16-7-8-3-4-8/h6,8H,2-5,7H2,1H3,(H2,15,16,17). The van der Waals surface area contributed by atoms with Gasteiger partial charge in [0.05, 0.1) is 10.0 Å². The van der Waals surface area contributed by atoms with Crippen molar-refractivity contribution in [2.75, 3.05) is 23.7 Å². The first kappa shape index (κ1) is 12.8. The fraction of sp³-hybridized carbons (Fsp3) is 0.583. The highest BCUT2D eigenvalue weighted by molar-refractivity contribution is 6.37. The number of rotatable bonds is 6. The van der Waals surface area contributed by atoms with E-state index in [0.29, 0.717) is 15.9 Å². The Hall–Kier alpha value is -0.670. The molecule has 94 valence electrons. The molecule has 0 aliphatic heterocycles. The Morgan fingerprint density at radius 2 is 1.88 bits per heavy atom. The van der Waals surface area contributed by atoms with E-state index in [9.17, 15) is 0 Å². The van der Waals surface area contributed by atoms with Crippen LogP contribution in [-0.2, 0) is 0 Å². The molecule has 1 aliphatic rings. The van der Waals surface area contributed by atoms with E-state index in [0.717, 1.165) is 31.2 Å². The maximum absolute atomic E-state index is 6.10. The molecule has 17 heavy (non-hydrogen) atoms. The van der Waals surface area contributed by atoms with Crippen LogP contribution in [0.2, 0.25) is 10.0 Å². The molecule has 1 heterocycles. The predicted octanol–water partition coefficient (Wildman–Crippen LogP) is 4.03. The molecule has 1 saturated carbocycles. The van der Waals surface area contributed by atoms with Crippen LogP contribution in [0.5, 0.6) is 0 Å². The molecule has 1 aromatic rings. The van der Waals surface area contributed by atoms with Gasteiger partial charge in [-0.15, -0.1) is 0 Å². The van der Waals surface area contributed by atoms with Gasteiger partial charge in [-0.3, -0.25) is 0 Å². The minimum atomic E-state index is 0.570. The van der Waals surface area contributed by atoms with Crippen LogP contribution in [0.3, 0.4) is 0 Å². The molecule has 2 N–H and O–H groups in total. The van der Waals surface area contributed by atoms with Gasteiger partial charge < -0.3 is 10.6 Å². The number of hydrogen-bond donors (Lipinski definition) is 2. The van der Waals surface area contributed by atoms with Crippen molar-refractivity contribution in [3.8, 4) is 0 Å². The van der Waals surface area contributed by atoms with Gasteiger partial charge >= 0.3 is 0 Å². The second-order valence-electron chi connectivity index (χ2n) is 4.40. The highest BCUT2D eigenvalue weighted by Gasteiger charge is 2.21. The SMILES string of the molecule is CCCNc1nc(NCC2CC2)c(Cl)cc1Cl. The summed E-state index contributed by atoms with van der Waals surface area (Å²) in [6.45, 7) is 3.90. The molecule has 0 unspecified atom stereocenters. The van der Waals surface area contributed by atoms with Crippen molar-refractivity contribution in [2.24, 2.45) is 5.92 Å². The molecule has 0 radical (unpaired) electrons. The molecule has 1 aliphatic carbocycles. The maximum atomic E-state index is 6.10. The van der Waals surface area contributed by atoms with Gasteiger partial charge in [0.2, 0.25) is 0 Å². The van der Waals surface area contributed by atoms with Crippen LogP contribution in [0.4, 0.5) is 11.6 Å². The largest absolute Gasteiger partial charge is 0.369 e. The quantitative estimate of drug-likeness (QED) is 0.822. The molecule has 0 spiro atoms. The molecule has 0 aromatic carbocycles.